The SMILES string of the molecule is CCCNC(CSc1ccccc1)Cc1cccc(Br)c1. The van der Waals surface area contributed by atoms with Gasteiger partial charge in [0.25, 0.3) is 0 Å². The predicted molar refractivity (Wildman–Crippen MR) is 97.1 cm³/mol. The zero-order valence-electron chi connectivity index (χ0n) is 12.4. The minimum absolute atomic E-state index is 0.504. The first-order chi connectivity index (χ1) is 10.3. The normalized spacial score (nSPS) is 12.3. The second kappa shape index (κ2) is 9.29. The van der Waals surface area contributed by atoms with Crippen molar-refractivity contribution in [2.24, 2.45) is 0 Å². The molecule has 2 aromatic carbocycles. The molecule has 0 aliphatic rings. The fourth-order valence-corrected chi connectivity index (χ4v) is 3.63. The van der Waals surface area contributed by atoms with E-state index in [1.807, 2.05) is 11.8 Å². The Morgan fingerprint density at radius 1 is 1.10 bits per heavy atom. The molecule has 0 heterocycles. The lowest BCUT2D eigenvalue weighted by Gasteiger charge is -2.18. The summed E-state index contributed by atoms with van der Waals surface area (Å²) in [6, 6.07) is 19.8. The van der Waals surface area contributed by atoms with Gasteiger partial charge in [0.05, 0.1) is 0 Å². The number of nitrogens with one attached hydrogen (secondary N) is 1. The van der Waals surface area contributed by atoms with Crippen molar-refractivity contribution in [2.75, 3.05) is 12.3 Å². The molecular weight excluding hydrogens is 342 g/mol. The Labute approximate surface area is 140 Å². The second-order valence-electron chi connectivity index (χ2n) is 5.11. The van der Waals surface area contributed by atoms with Gasteiger partial charge in [-0.05, 0) is 49.2 Å². The van der Waals surface area contributed by atoms with Crippen LogP contribution in [0.4, 0.5) is 0 Å². The van der Waals surface area contributed by atoms with Crippen LogP contribution in [0.2, 0.25) is 0 Å². The van der Waals surface area contributed by atoms with E-state index in [0.29, 0.717) is 6.04 Å². The average molecular weight is 364 g/mol. The third kappa shape index (κ3) is 6.25. The Morgan fingerprint density at radius 3 is 2.62 bits per heavy atom. The first-order valence-corrected chi connectivity index (χ1v) is 9.21. The summed E-state index contributed by atoms with van der Waals surface area (Å²) in [6.07, 6.45) is 2.24. The molecule has 0 spiro atoms. The van der Waals surface area contributed by atoms with Crippen molar-refractivity contribution in [3.63, 3.8) is 0 Å². The summed E-state index contributed by atoms with van der Waals surface area (Å²) in [5.74, 6) is 1.09. The molecule has 0 aliphatic heterocycles. The molecule has 112 valence electrons. The van der Waals surface area contributed by atoms with Gasteiger partial charge in [-0.25, -0.2) is 0 Å². The van der Waals surface area contributed by atoms with Gasteiger partial charge in [0.2, 0.25) is 0 Å². The van der Waals surface area contributed by atoms with Crippen LogP contribution in [0.1, 0.15) is 18.9 Å². The average Bonchev–Trinajstić information content (AvgIpc) is 2.51. The molecule has 0 aliphatic carbocycles. The van der Waals surface area contributed by atoms with E-state index in [0.717, 1.165) is 23.2 Å². The third-order valence-electron chi connectivity index (χ3n) is 3.25. The molecule has 2 rings (SSSR count). The van der Waals surface area contributed by atoms with Crippen LogP contribution >= 0.6 is 27.7 Å². The van der Waals surface area contributed by atoms with Crippen LogP contribution in [-0.4, -0.2) is 18.3 Å². The first kappa shape index (κ1) is 16.6. The van der Waals surface area contributed by atoms with Gasteiger partial charge in [0.1, 0.15) is 0 Å². The molecule has 2 aromatic rings. The van der Waals surface area contributed by atoms with Crippen LogP contribution < -0.4 is 5.32 Å². The maximum absolute atomic E-state index is 3.67. The molecule has 0 fully saturated rings. The van der Waals surface area contributed by atoms with Crippen molar-refractivity contribution in [3.8, 4) is 0 Å². The number of hydrogen-bond donors (Lipinski definition) is 1. The quantitative estimate of drug-likeness (QED) is 0.650. The second-order valence-corrected chi connectivity index (χ2v) is 7.12. The summed E-state index contributed by atoms with van der Waals surface area (Å²) < 4.78 is 1.16. The lowest BCUT2D eigenvalue weighted by atomic mass is 10.1. The van der Waals surface area contributed by atoms with Crippen LogP contribution in [0.25, 0.3) is 0 Å². The molecule has 1 nitrogen and oxygen atoms in total. The minimum atomic E-state index is 0.504. The Bertz CT molecular complexity index is 530. The summed E-state index contributed by atoms with van der Waals surface area (Å²) in [5, 5.41) is 3.67. The van der Waals surface area contributed by atoms with Gasteiger partial charge in [-0.15, -0.1) is 11.8 Å². The standard InChI is InChI=1S/C18H22BrNS/c1-2-11-20-17(13-15-7-6-8-16(19)12-15)14-21-18-9-4-3-5-10-18/h3-10,12,17,20H,2,11,13-14H2,1H3. The predicted octanol–water partition coefficient (Wildman–Crippen LogP) is 5.15. The highest BCUT2D eigenvalue weighted by atomic mass is 79.9. The number of rotatable bonds is 8. The van der Waals surface area contributed by atoms with E-state index in [-0.39, 0.29) is 0 Å². The van der Waals surface area contributed by atoms with E-state index in [1.165, 1.54) is 16.9 Å². The third-order valence-corrected chi connectivity index (χ3v) is 4.92. The molecule has 0 amide bonds. The van der Waals surface area contributed by atoms with E-state index in [2.05, 4.69) is 82.8 Å². The lowest BCUT2D eigenvalue weighted by Crippen LogP contribution is -2.34. The number of halogens is 1. The summed E-state index contributed by atoms with van der Waals surface area (Å²) in [7, 11) is 0. The molecule has 21 heavy (non-hydrogen) atoms. The van der Waals surface area contributed by atoms with E-state index < -0.39 is 0 Å². The molecule has 3 heteroatoms. The Balaban J connectivity index is 1.94. The number of benzene rings is 2. The fourth-order valence-electron chi connectivity index (χ4n) is 2.20. The number of hydrogen-bond acceptors (Lipinski definition) is 2. The molecule has 0 aromatic heterocycles. The van der Waals surface area contributed by atoms with Crippen LogP contribution in [0.5, 0.6) is 0 Å². The topological polar surface area (TPSA) is 12.0 Å². The zero-order chi connectivity index (χ0) is 14.9. The van der Waals surface area contributed by atoms with Crippen LogP contribution in [-0.2, 0) is 6.42 Å². The van der Waals surface area contributed by atoms with Gasteiger partial charge in [-0.3, -0.25) is 0 Å². The molecule has 0 bridgehead atoms. The van der Waals surface area contributed by atoms with Crippen molar-refractivity contribution in [1.82, 2.24) is 5.32 Å². The molecule has 0 radical (unpaired) electrons. The first-order valence-electron chi connectivity index (χ1n) is 7.43. The van der Waals surface area contributed by atoms with Gasteiger partial charge in [0.15, 0.2) is 0 Å². The van der Waals surface area contributed by atoms with Crippen LogP contribution in [0, 0.1) is 0 Å². The highest BCUT2D eigenvalue weighted by Crippen LogP contribution is 2.20. The highest BCUT2D eigenvalue weighted by molar-refractivity contribution is 9.10. The Morgan fingerprint density at radius 2 is 1.90 bits per heavy atom. The Kier molecular flexibility index (Phi) is 7.34. The maximum Gasteiger partial charge on any atom is 0.0202 e. The van der Waals surface area contributed by atoms with Crippen molar-refractivity contribution in [1.29, 1.82) is 0 Å². The summed E-state index contributed by atoms with van der Waals surface area (Å²) in [5.41, 5.74) is 1.38. The van der Waals surface area contributed by atoms with E-state index in [9.17, 15) is 0 Å². The van der Waals surface area contributed by atoms with E-state index in [4.69, 9.17) is 0 Å². The van der Waals surface area contributed by atoms with Crippen molar-refractivity contribution >= 4 is 27.7 Å². The maximum atomic E-state index is 3.67. The van der Waals surface area contributed by atoms with Gasteiger partial charge in [-0.1, -0.05) is 53.2 Å². The molecule has 0 saturated heterocycles. The smallest absolute Gasteiger partial charge is 0.0202 e. The monoisotopic (exact) mass is 363 g/mol. The van der Waals surface area contributed by atoms with Crippen molar-refractivity contribution < 1.29 is 0 Å². The molecular formula is C18H22BrNS. The highest BCUT2D eigenvalue weighted by Gasteiger charge is 2.10. The van der Waals surface area contributed by atoms with Crippen molar-refractivity contribution in [2.45, 2.75) is 30.7 Å². The molecule has 0 saturated carbocycles. The van der Waals surface area contributed by atoms with Gasteiger partial charge in [0, 0.05) is 21.2 Å². The van der Waals surface area contributed by atoms with Gasteiger partial charge >= 0.3 is 0 Å². The van der Waals surface area contributed by atoms with E-state index in [1.54, 1.807) is 0 Å². The Hall–Kier alpha value is -0.770. The summed E-state index contributed by atoms with van der Waals surface area (Å²) in [6.45, 7) is 3.29. The minimum Gasteiger partial charge on any atom is -0.313 e. The summed E-state index contributed by atoms with van der Waals surface area (Å²) >= 11 is 5.48. The molecule has 1 N–H and O–H groups in total. The zero-order valence-corrected chi connectivity index (χ0v) is 14.8. The van der Waals surface area contributed by atoms with Gasteiger partial charge < -0.3 is 5.32 Å². The largest absolute Gasteiger partial charge is 0.313 e. The number of thioether (sulfide) groups is 1. The van der Waals surface area contributed by atoms with Crippen molar-refractivity contribution in [3.05, 3.63) is 64.6 Å². The van der Waals surface area contributed by atoms with E-state index >= 15 is 0 Å². The molecule has 1 atom stereocenters. The van der Waals surface area contributed by atoms with Gasteiger partial charge in [-0.2, -0.15) is 0 Å². The van der Waals surface area contributed by atoms with Crippen LogP contribution in [0.3, 0.4) is 0 Å². The summed E-state index contributed by atoms with van der Waals surface area (Å²) in [4.78, 5) is 1.34. The molecule has 1 unspecified atom stereocenters. The lowest BCUT2D eigenvalue weighted by molar-refractivity contribution is 0.550. The van der Waals surface area contributed by atoms with Crippen LogP contribution in [0.15, 0.2) is 64.0 Å². The fraction of sp³-hybridized carbons (Fsp3) is 0.333.